The number of hydrogen-bond acceptors (Lipinski definition) is 2. The second-order valence-electron chi connectivity index (χ2n) is 3.89. The largest absolute Gasteiger partial charge is 0.388 e. The first-order valence-corrected chi connectivity index (χ1v) is 7.67. The molecule has 2 nitrogen and oxygen atoms in total. The summed E-state index contributed by atoms with van der Waals surface area (Å²) >= 11 is 10.2. The normalized spacial score (nSPS) is 12.4. The Morgan fingerprint density at radius 2 is 1.67 bits per heavy atom. The van der Waals surface area contributed by atoms with Crippen LogP contribution in [-0.2, 0) is 6.42 Å². The van der Waals surface area contributed by atoms with Crippen LogP contribution < -0.4 is 0 Å². The van der Waals surface area contributed by atoms with E-state index >= 15 is 0 Å². The third-order valence-corrected chi connectivity index (χ3v) is 3.85. The predicted molar refractivity (Wildman–Crippen MR) is 82.4 cm³/mol. The van der Waals surface area contributed by atoms with E-state index in [-0.39, 0.29) is 0 Å². The van der Waals surface area contributed by atoms with Gasteiger partial charge in [-0.1, -0.05) is 31.9 Å². The van der Waals surface area contributed by atoms with Crippen molar-refractivity contribution in [2.45, 2.75) is 12.5 Å². The molecular weight excluding hydrogens is 426 g/mol. The molecule has 0 aliphatic heterocycles. The van der Waals surface area contributed by atoms with E-state index in [9.17, 15) is 5.11 Å². The Morgan fingerprint density at radius 1 is 1.00 bits per heavy atom. The Morgan fingerprint density at radius 3 is 2.22 bits per heavy atom. The fraction of sp³-hybridized carbons (Fsp3) is 0.154. The molecule has 94 valence electrons. The topological polar surface area (TPSA) is 33.1 Å². The lowest BCUT2D eigenvalue weighted by atomic mass is 10.0. The van der Waals surface area contributed by atoms with Gasteiger partial charge in [-0.25, -0.2) is 0 Å². The molecule has 1 atom stereocenters. The standard InChI is InChI=1S/C13H10Br3NO/c14-9-1-2-12(17-7-9)6-13(18)8-3-10(15)5-11(16)4-8/h1-5,7,13,18H,6H2. The molecule has 1 aromatic heterocycles. The van der Waals surface area contributed by atoms with Crippen LogP contribution in [0.3, 0.4) is 0 Å². The van der Waals surface area contributed by atoms with Crippen molar-refractivity contribution in [1.29, 1.82) is 0 Å². The number of rotatable bonds is 3. The van der Waals surface area contributed by atoms with Gasteiger partial charge in [0.2, 0.25) is 0 Å². The van der Waals surface area contributed by atoms with Crippen LogP contribution in [0.15, 0.2) is 49.9 Å². The van der Waals surface area contributed by atoms with E-state index in [0.717, 1.165) is 24.7 Å². The Kier molecular flexibility index (Phi) is 4.95. The van der Waals surface area contributed by atoms with Gasteiger partial charge in [0.15, 0.2) is 0 Å². The third-order valence-electron chi connectivity index (χ3n) is 2.46. The van der Waals surface area contributed by atoms with E-state index in [1.54, 1.807) is 6.20 Å². The molecular formula is C13H10Br3NO. The van der Waals surface area contributed by atoms with E-state index < -0.39 is 6.10 Å². The summed E-state index contributed by atoms with van der Waals surface area (Å²) in [7, 11) is 0. The van der Waals surface area contributed by atoms with Crippen LogP contribution in [0.2, 0.25) is 0 Å². The lowest BCUT2D eigenvalue weighted by Crippen LogP contribution is -2.03. The highest BCUT2D eigenvalue weighted by molar-refractivity contribution is 9.11. The van der Waals surface area contributed by atoms with Crippen molar-refractivity contribution in [2.75, 3.05) is 0 Å². The van der Waals surface area contributed by atoms with Crippen molar-refractivity contribution in [1.82, 2.24) is 4.98 Å². The van der Waals surface area contributed by atoms with Crippen LogP contribution in [-0.4, -0.2) is 10.1 Å². The first kappa shape index (κ1) is 14.2. The molecule has 1 unspecified atom stereocenters. The van der Waals surface area contributed by atoms with Crippen LogP contribution in [0, 0.1) is 0 Å². The van der Waals surface area contributed by atoms with Gasteiger partial charge in [0.05, 0.1) is 6.10 Å². The molecule has 0 radical (unpaired) electrons. The van der Waals surface area contributed by atoms with Crippen molar-refractivity contribution in [3.05, 3.63) is 61.2 Å². The summed E-state index contributed by atoms with van der Waals surface area (Å²) in [5.41, 5.74) is 1.72. The third kappa shape index (κ3) is 3.88. The lowest BCUT2D eigenvalue weighted by Gasteiger charge is -2.11. The molecule has 0 saturated heterocycles. The van der Waals surface area contributed by atoms with E-state index in [4.69, 9.17) is 0 Å². The number of hydrogen-bond donors (Lipinski definition) is 1. The van der Waals surface area contributed by atoms with Gasteiger partial charge in [0.25, 0.3) is 0 Å². The summed E-state index contributed by atoms with van der Waals surface area (Å²) in [6.07, 6.45) is 1.67. The van der Waals surface area contributed by atoms with Crippen LogP contribution >= 0.6 is 47.8 Å². The minimum atomic E-state index is -0.563. The molecule has 0 fully saturated rings. The zero-order chi connectivity index (χ0) is 13.1. The second-order valence-corrected chi connectivity index (χ2v) is 6.64. The number of pyridine rings is 1. The molecule has 18 heavy (non-hydrogen) atoms. The molecule has 2 rings (SSSR count). The van der Waals surface area contributed by atoms with Gasteiger partial charge >= 0.3 is 0 Å². The van der Waals surface area contributed by atoms with Crippen LogP contribution in [0.4, 0.5) is 0 Å². The lowest BCUT2D eigenvalue weighted by molar-refractivity contribution is 0.177. The van der Waals surface area contributed by atoms with Gasteiger partial charge in [0, 0.05) is 31.7 Å². The SMILES string of the molecule is OC(Cc1ccc(Br)cn1)c1cc(Br)cc(Br)c1. The average Bonchev–Trinajstić information content (AvgIpc) is 2.31. The van der Waals surface area contributed by atoms with E-state index in [1.807, 2.05) is 30.3 Å². The summed E-state index contributed by atoms with van der Waals surface area (Å²) in [5.74, 6) is 0. The maximum atomic E-state index is 10.2. The molecule has 0 amide bonds. The molecule has 0 spiro atoms. The molecule has 0 saturated carbocycles. The first-order chi connectivity index (χ1) is 8.54. The Labute approximate surface area is 131 Å². The average molecular weight is 436 g/mol. The van der Waals surface area contributed by atoms with Gasteiger partial charge in [-0.3, -0.25) is 4.98 Å². The maximum Gasteiger partial charge on any atom is 0.0846 e. The molecule has 0 aliphatic carbocycles. The summed E-state index contributed by atoms with van der Waals surface area (Å²) in [5, 5.41) is 10.2. The van der Waals surface area contributed by atoms with Crippen LogP contribution in [0.5, 0.6) is 0 Å². The van der Waals surface area contributed by atoms with Gasteiger partial charge in [-0.15, -0.1) is 0 Å². The minimum Gasteiger partial charge on any atom is -0.388 e. The molecule has 5 heteroatoms. The van der Waals surface area contributed by atoms with E-state index in [0.29, 0.717) is 6.42 Å². The highest BCUT2D eigenvalue weighted by atomic mass is 79.9. The van der Waals surface area contributed by atoms with Crippen molar-refractivity contribution in [2.24, 2.45) is 0 Å². The van der Waals surface area contributed by atoms with Gasteiger partial charge in [-0.2, -0.15) is 0 Å². The van der Waals surface area contributed by atoms with Gasteiger partial charge in [0.1, 0.15) is 0 Å². The maximum absolute atomic E-state index is 10.2. The fourth-order valence-corrected chi connectivity index (χ4v) is 3.17. The summed E-state index contributed by atoms with van der Waals surface area (Å²) < 4.78 is 2.82. The zero-order valence-electron chi connectivity index (χ0n) is 9.28. The number of aromatic nitrogens is 1. The summed E-state index contributed by atoms with van der Waals surface area (Å²) in [6, 6.07) is 9.59. The minimum absolute atomic E-state index is 0.496. The van der Waals surface area contributed by atoms with Gasteiger partial charge in [-0.05, 0) is 51.8 Å². The molecule has 0 bridgehead atoms. The Hall–Kier alpha value is -0.230. The highest BCUT2D eigenvalue weighted by Gasteiger charge is 2.11. The molecule has 2 aromatic rings. The zero-order valence-corrected chi connectivity index (χ0v) is 14.0. The van der Waals surface area contributed by atoms with Crippen LogP contribution in [0.25, 0.3) is 0 Å². The molecule has 1 heterocycles. The smallest absolute Gasteiger partial charge is 0.0846 e. The second kappa shape index (κ2) is 6.28. The molecule has 1 N–H and O–H groups in total. The number of nitrogens with zero attached hydrogens (tertiary/aromatic N) is 1. The van der Waals surface area contributed by atoms with Crippen molar-refractivity contribution in [3.8, 4) is 0 Å². The summed E-state index contributed by atoms with van der Waals surface area (Å²) in [6.45, 7) is 0. The van der Waals surface area contributed by atoms with Crippen molar-refractivity contribution < 1.29 is 5.11 Å². The Bertz CT molecular complexity index is 522. The van der Waals surface area contributed by atoms with Crippen molar-refractivity contribution >= 4 is 47.8 Å². The predicted octanol–water partition coefficient (Wildman–Crippen LogP) is 4.65. The van der Waals surface area contributed by atoms with E-state index in [1.165, 1.54) is 0 Å². The van der Waals surface area contributed by atoms with Crippen LogP contribution in [0.1, 0.15) is 17.4 Å². The number of benzene rings is 1. The highest BCUT2D eigenvalue weighted by Crippen LogP contribution is 2.26. The summed E-state index contributed by atoms with van der Waals surface area (Å²) in [4.78, 5) is 4.26. The van der Waals surface area contributed by atoms with Crippen molar-refractivity contribution in [3.63, 3.8) is 0 Å². The number of aliphatic hydroxyl groups excluding tert-OH is 1. The quantitative estimate of drug-likeness (QED) is 0.761. The van der Waals surface area contributed by atoms with E-state index in [2.05, 4.69) is 52.8 Å². The molecule has 1 aromatic carbocycles. The monoisotopic (exact) mass is 433 g/mol. The Balaban J connectivity index is 2.16. The number of aliphatic hydroxyl groups is 1. The van der Waals surface area contributed by atoms with Gasteiger partial charge < -0.3 is 5.11 Å². The number of halogens is 3. The molecule has 0 aliphatic rings. The fourth-order valence-electron chi connectivity index (χ4n) is 1.61. The first-order valence-electron chi connectivity index (χ1n) is 5.29.